The lowest BCUT2D eigenvalue weighted by atomic mass is 9.84. The molecule has 1 nitrogen and oxygen atoms in total. The van der Waals surface area contributed by atoms with Crippen LogP contribution in [0.15, 0.2) is 16.6 Å². The lowest BCUT2D eigenvalue weighted by Gasteiger charge is -2.28. The Morgan fingerprint density at radius 3 is 2.89 bits per heavy atom. The van der Waals surface area contributed by atoms with Crippen LogP contribution in [0.5, 0.6) is 5.75 Å². The molecular formula is C15H18Br2O. The molecule has 2 aliphatic rings. The summed E-state index contributed by atoms with van der Waals surface area (Å²) in [7, 11) is 0. The molecule has 2 atom stereocenters. The van der Waals surface area contributed by atoms with Crippen molar-refractivity contribution < 1.29 is 4.74 Å². The zero-order valence-electron chi connectivity index (χ0n) is 10.4. The predicted octanol–water partition coefficient (Wildman–Crippen LogP) is 4.88. The zero-order valence-corrected chi connectivity index (χ0v) is 13.6. The van der Waals surface area contributed by atoms with Crippen molar-refractivity contribution in [3.63, 3.8) is 0 Å². The van der Waals surface area contributed by atoms with Crippen molar-refractivity contribution in [2.75, 3.05) is 6.61 Å². The summed E-state index contributed by atoms with van der Waals surface area (Å²) in [6, 6.07) is 4.46. The molecule has 0 amide bonds. The molecule has 0 spiro atoms. The van der Waals surface area contributed by atoms with Crippen molar-refractivity contribution in [1.82, 2.24) is 0 Å². The van der Waals surface area contributed by atoms with Crippen molar-refractivity contribution >= 4 is 31.9 Å². The van der Waals surface area contributed by atoms with Crippen LogP contribution in [0.1, 0.15) is 36.8 Å². The van der Waals surface area contributed by atoms with E-state index in [-0.39, 0.29) is 0 Å². The molecule has 1 fully saturated rings. The highest BCUT2D eigenvalue weighted by molar-refractivity contribution is 9.10. The average Bonchev–Trinajstić information content (AvgIpc) is 2.80. The van der Waals surface area contributed by atoms with Crippen LogP contribution < -0.4 is 4.74 Å². The third-order valence-electron chi connectivity index (χ3n) is 4.12. The summed E-state index contributed by atoms with van der Waals surface area (Å²) in [5, 5.41) is 0. The van der Waals surface area contributed by atoms with Crippen LogP contribution >= 0.6 is 31.9 Å². The predicted molar refractivity (Wildman–Crippen MR) is 81.7 cm³/mol. The van der Waals surface area contributed by atoms with Crippen LogP contribution in [0.2, 0.25) is 0 Å². The van der Waals surface area contributed by atoms with Gasteiger partial charge in [0.25, 0.3) is 0 Å². The number of fused-ring (bicyclic) bond motifs is 1. The van der Waals surface area contributed by atoms with Crippen molar-refractivity contribution in [2.24, 2.45) is 5.92 Å². The van der Waals surface area contributed by atoms with Crippen LogP contribution in [0, 0.1) is 5.92 Å². The Kier molecular flexibility index (Phi) is 4.00. The third-order valence-corrected chi connectivity index (χ3v) is 5.79. The summed E-state index contributed by atoms with van der Waals surface area (Å²) in [6.45, 7) is 0.848. The molecule has 1 heterocycles. The smallest absolute Gasteiger partial charge is 0.125 e. The van der Waals surface area contributed by atoms with Gasteiger partial charge in [0.15, 0.2) is 0 Å². The Labute approximate surface area is 126 Å². The first-order valence-electron chi connectivity index (χ1n) is 6.82. The molecule has 1 aromatic carbocycles. The van der Waals surface area contributed by atoms with E-state index in [9.17, 15) is 0 Å². The summed E-state index contributed by atoms with van der Waals surface area (Å²) >= 11 is 7.49. The first-order chi connectivity index (χ1) is 8.74. The second-order valence-electron chi connectivity index (χ2n) is 5.42. The standard InChI is InChI=1S/C15H18Br2O/c16-13-8-11-5-6-18-15(11)12(9-13)7-10-3-1-2-4-14(10)17/h8-10,14H,1-7H2. The quantitative estimate of drug-likeness (QED) is 0.671. The first-order valence-corrected chi connectivity index (χ1v) is 8.53. The van der Waals surface area contributed by atoms with E-state index in [4.69, 9.17) is 4.74 Å². The van der Waals surface area contributed by atoms with Gasteiger partial charge in [-0.2, -0.15) is 0 Å². The molecule has 0 N–H and O–H groups in total. The van der Waals surface area contributed by atoms with Crippen molar-refractivity contribution in [3.8, 4) is 5.75 Å². The lowest BCUT2D eigenvalue weighted by Crippen LogP contribution is -2.21. The van der Waals surface area contributed by atoms with Gasteiger partial charge in [0, 0.05) is 15.7 Å². The highest BCUT2D eigenvalue weighted by Crippen LogP contribution is 2.38. The molecule has 98 valence electrons. The molecule has 0 aromatic heterocycles. The van der Waals surface area contributed by atoms with E-state index < -0.39 is 0 Å². The van der Waals surface area contributed by atoms with Gasteiger partial charge >= 0.3 is 0 Å². The largest absolute Gasteiger partial charge is 0.493 e. The molecule has 3 rings (SSSR count). The van der Waals surface area contributed by atoms with Crippen LogP contribution in [0.25, 0.3) is 0 Å². The Hall–Kier alpha value is -0.0200. The van der Waals surface area contributed by atoms with Crippen LogP contribution in [-0.4, -0.2) is 11.4 Å². The van der Waals surface area contributed by atoms with Gasteiger partial charge in [0.05, 0.1) is 6.61 Å². The van der Waals surface area contributed by atoms with E-state index >= 15 is 0 Å². The fourth-order valence-electron chi connectivity index (χ4n) is 3.17. The summed E-state index contributed by atoms with van der Waals surface area (Å²) in [5.74, 6) is 1.94. The van der Waals surface area contributed by atoms with Crippen molar-refractivity contribution in [2.45, 2.75) is 43.4 Å². The molecule has 1 aromatic rings. The van der Waals surface area contributed by atoms with E-state index in [1.807, 2.05) is 0 Å². The molecule has 18 heavy (non-hydrogen) atoms. The minimum absolute atomic E-state index is 0.683. The van der Waals surface area contributed by atoms with Gasteiger partial charge in [-0.05, 0) is 48.4 Å². The summed E-state index contributed by atoms with van der Waals surface area (Å²) in [5.41, 5.74) is 2.77. The number of ether oxygens (including phenoxy) is 1. The van der Waals surface area contributed by atoms with E-state index in [0.29, 0.717) is 4.83 Å². The minimum Gasteiger partial charge on any atom is -0.493 e. The number of halogens is 2. The number of hydrogen-bond donors (Lipinski definition) is 0. The number of hydrogen-bond acceptors (Lipinski definition) is 1. The Morgan fingerprint density at radius 1 is 1.22 bits per heavy atom. The number of benzene rings is 1. The maximum atomic E-state index is 5.83. The maximum Gasteiger partial charge on any atom is 0.125 e. The van der Waals surface area contributed by atoms with Gasteiger partial charge < -0.3 is 4.74 Å². The molecule has 0 radical (unpaired) electrons. The van der Waals surface area contributed by atoms with Crippen molar-refractivity contribution in [3.05, 3.63) is 27.7 Å². The number of alkyl halides is 1. The van der Waals surface area contributed by atoms with Crippen LogP contribution in [0.4, 0.5) is 0 Å². The molecule has 3 heteroatoms. The van der Waals surface area contributed by atoms with Gasteiger partial charge in [0.1, 0.15) is 5.75 Å². The molecule has 1 aliphatic heterocycles. The van der Waals surface area contributed by atoms with E-state index in [1.54, 1.807) is 0 Å². The zero-order chi connectivity index (χ0) is 12.5. The van der Waals surface area contributed by atoms with Gasteiger partial charge in [0.2, 0.25) is 0 Å². The van der Waals surface area contributed by atoms with Gasteiger partial charge in [-0.15, -0.1) is 0 Å². The summed E-state index contributed by atoms with van der Waals surface area (Å²) < 4.78 is 7.02. The molecule has 1 aliphatic carbocycles. The van der Waals surface area contributed by atoms with E-state index in [1.165, 1.54) is 47.0 Å². The number of rotatable bonds is 2. The van der Waals surface area contributed by atoms with Gasteiger partial charge in [-0.3, -0.25) is 0 Å². The fourth-order valence-corrected chi connectivity index (χ4v) is 4.50. The molecule has 0 saturated heterocycles. The SMILES string of the molecule is Brc1cc2c(c(CC3CCCCC3Br)c1)OCC2. The highest BCUT2D eigenvalue weighted by Gasteiger charge is 2.26. The maximum absolute atomic E-state index is 5.83. The van der Waals surface area contributed by atoms with Gasteiger partial charge in [-0.1, -0.05) is 44.7 Å². The normalized spacial score (nSPS) is 26.8. The molecular weight excluding hydrogens is 356 g/mol. The molecule has 1 saturated carbocycles. The molecule has 0 bridgehead atoms. The minimum atomic E-state index is 0.683. The fraction of sp³-hybridized carbons (Fsp3) is 0.600. The lowest BCUT2D eigenvalue weighted by molar-refractivity contribution is 0.340. The highest BCUT2D eigenvalue weighted by atomic mass is 79.9. The third kappa shape index (κ3) is 2.62. The monoisotopic (exact) mass is 372 g/mol. The average molecular weight is 374 g/mol. The summed E-state index contributed by atoms with van der Waals surface area (Å²) in [6.07, 6.45) is 7.63. The van der Waals surface area contributed by atoms with Gasteiger partial charge in [-0.25, -0.2) is 0 Å². The van der Waals surface area contributed by atoms with E-state index in [0.717, 1.165) is 25.4 Å². The second kappa shape index (κ2) is 5.54. The Balaban J connectivity index is 1.84. The Bertz CT molecular complexity index is 444. The van der Waals surface area contributed by atoms with Crippen LogP contribution in [-0.2, 0) is 12.8 Å². The van der Waals surface area contributed by atoms with E-state index in [2.05, 4.69) is 44.0 Å². The Morgan fingerprint density at radius 2 is 2.06 bits per heavy atom. The second-order valence-corrected chi connectivity index (χ2v) is 7.51. The van der Waals surface area contributed by atoms with Crippen molar-refractivity contribution in [1.29, 1.82) is 0 Å². The topological polar surface area (TPSA) is 9.23 Å². The first kappa shape index (κ1) is 13.0. The summed E-state index contributed by atoms with van der Waals surface area (Å²) in [4.78, 5) is 0.683. The molecule has 2 unspecified atom stereocenters. The van der Waals surface area contributed by atoms with Crippen LogP contribution in [0.3, 0.4) is 0 Å².